The Kier molecular flexibility index (Phi) is 6.86. The largest absolute Gasteiger partial charge is 0.496 e. The molecule has 3 rings (SSSR count). The van der Waals surface area contributed by atoms with E-state index in [0.29, 0.717) is 37.5 Å². The Labute approximate surface area is 172 Å². The summed E-state index contributed by atoms with van der Waals surface area (Å²) in [6.45, 7) is 1.22. The summed E-state index contributed by atoms with van der Waals surface area (Å²) in [5.74, 6) is 0.0973. The predicted octanol–water partition coefficient (Wildman–Crippen LogP) is 1.68. The van der Waals surface area contributed by atoms with Gasteiger partial charge < -0.3 is 15.4 Å². The maximum atomic E-state index is 12.4. The van der Waals surface area contributed by atoms with E-state index in [1.165, 1.54) is 37.8 Å². The first-order valence-corrected chi connectivity index (χ1v) is 9.38. The minimum absolute atomic E-state index is 0.0850. The van der Waals surface area contributed by atoms with Gasteiger partial charge in [0.25, 0.3) is 5.69 Å². The lowest BCUT2D eigenvalue weighted by Crippen LogP contribution is -2.41. The van der Waals surface area contributed by atoms with Gasteiger partial charge in [-0.15, -0.1) is 0 Å². The maximum Gasteiger partial charge on any atom is 0.296 e. The van der Waals surface area contributed by atoms with Gasteiger partial charge >= 0.3 is 0 Å². The van der Waals surface area contributed by atoms with Crippen LogP contribution < -0.4 is 15.4 Å². The van der Waals surface area contributed by atoms with E-state index in [9.17, 15) is 19.7 Å². The zero-order valence-electron chi connectivity index (χ0n) is 16.4. The highest BCUT2D eigenvalue weighted by Crippen LogP contribution is 2.29. The van der Waals surface area contributed by atoms with Crippen LogP contribution in [-0.4, -0.2) is 58.3 Å². The first-order valence-electron chi connectivity index (χ1n) is 9.38. The number of ether oxygens (including phenoxy) is 1. The number of piperidine rings is 1. The van der Waals surface area contributed by atoms with Gasteiger partial charge in [0.05, 0.1) is 30.8 Å². The van der Waals surface area contributed by atoms with E-state index in [1.807, 2.05) is 4.90 Å². The molecule has 0 saturated carbocycles. The number of likely N-dealkylation sites (tertiary alicyclic amines) is 1. The minimum Gasteiger partial charge on any atom is -0.496 e. The number of anilines is 2. The standard InChI is InChI=1S/C19H22N6O5/c1-30-14-2-3-15(16(10-14)25(28)29)22-18(26)12-24-8-4-13(5-9-24)19(27)23-17-11-20-6-7-21-17/h2-3,6-7,10-11,13H,4-5,8-9,12H2,1H3,(H,22,26)(H,21,23,27). The summed E-state index contributed by atoms with van der Waals surface area (Å²) < 4.78 is 4.99. The van der Waals surface area contributed by atoms with Crippen LogP contribution in [0.3, 0.4) is 0 Å². The summed E-state index contributed by atoms with van der Waals surface area (Å²) >= 11 is 0. The fourth-order valence-corrected chi connectivity index (χ4v) is 3.23. The van der Waals surface area contributed by atoms with Gasteiger partial charge in [0, 0.05) is 18.3 Å². The third-order valence-corrected chi connectivity index (χ3v) is 4.82. The SMILES string of the molecule is COc1ccc(NC(=O)CN2CCC(C(=O)Nc3cnccn3)CC2)c([N+](=O)[O-])c1. The molecule has 2 heterocycles. The molecule has 158 valence electrons. The van der Waals surface area contributed by atoms with Gasteiger partial charge in [-0.3, -0.25) is 29.6 Å². The highest BCUT2D eigenvalue weighted by molar-refractivity contribution is 5.94. The number of carbonyl (C=O) groups is 2. The highest BCUT2D eigenvalue weighted by atomic mass is 16.6. The molecule has 11 nitrogen and oxygen atoms in total. The number of hydrogen-bond donors (Lipinski definition) is 2. The molecule has 1 aliphatic rings. The number of nitrogens with one attached hydrogen (secondary N) is 2. The van der Waals surface area contributed by atoms with E-state index in [-0.39, 0.29) is 35.7 Å². The van der Waals surface area contributed by atoms with Gasteiger partial charge in [-0.1, -0.05) is 0 Å². The van der Waals surface area contributed by atoms with Crippen LogP contribution in [0.25, 0.3) is 0 Å². The van der Waals surface area contributed by atoms with Crippen molar-refractivity contribution >= 4 is 29.0 Å². The van der Waals surface area contributed by atoms with Gasteiger partial charge in [0.1, 0.15) is 11.4 Å². The number of aromatic nitrogens is 2. The minimum atomic E-state index is -0.570. The Morgan fingerprint density at radius 2 is 2.03 bits per heavy atom. The van der Waals surface area contributed by atoms with Crippen LogP contribution in [0.4, 0.5) is 17.2 Å². The second-order valence-corrected chi connectivity index (χ2v) is 6.82. The van der Waals surface area contributed by atoms with E-state index in [1.54, 1.807) is 6.07 Å². The fourth-order valence-electron chi connectivity index (χ4n) is 3.23. The van der Waals surface area contributed by atoms with Gasteiger partial charge in [-0.05, 0) is 38.1 Å². The summed E-state index contributed by atoms with van der Waals surface area (Å²) in [7, 11) is 1.41. The Bertz CT molecular complexity index is 915. The molecule has 0 atom stereocenters. The number of hydrogen-bond acceptors (Lipinski definition) is 8. The van der Waals surface area contributed by atoms with E-state index in [4.69, 9.17) is 4.74 Å². The molecule has 30 heavy (non-hydrogen) atoms. The van der Waals surface area contributed by atoms with Crippen LogP contribution in [0.15, 0.2) is 36.8 Å². The fraction of sp³-hybridized carbons (Fsp3) is 0.368. The van der Waals surface area contributed by atoms with Crippen molar-refractivity contribution in [1.82, 2.24) is 14.9 Å². The molecule has 0 bridgehead atoms. The van der Waals surface area contributed by atoms with Gasteiger partial charge in [0.2, 0.25) is 11.8 Å². The number of carbonyl (C=O) groups excluding carboxylic acids is 2. The molecule has 1 saturated heterocycles. The smallest absolute Gasteiger partial charge is 0.296 e. The van der Waals surface area contributed by atoms with Crippen LogP contribution in [0, 0.1) is 16.0 Å². The van der Waals surface area contributed by atoms with Crippen molar-refractivity contribution in [2.45, 2.75) is 12.8 Å². The van der Waals surface area contributed by atoms with Crippen molar-refractivity contribution < 1.29 is 19.2 Å². The number of rotatable bonds is 7. The summed E-state index contributed by atoms with van der Waals surface area (Å²) in [4.78, 5) is 45.2. The van der Waals surface area contributed by atoms with E-state index in [2.05, 4.69) is 20.6 Å². The van der Waals surface area contributed by atoms with Crippen molar-refractivity contribution in [2.24, 2.45) is 5.92 Å². The highest BCUT2D eigenvalue weighted by Gasteiger charge is 2.27. The molecule has 0 spiro atoms. The lowest BCUT2D eigenvalue weighted by Gasteiger charge is -2.30. The summed E-state index contributed by atoms with van der Waals surface area (Å²) in [5, 5.41) is 16.6. The van der Waals surface area contributed by atoms with E-state index in [0.717, 1.165) is 0 Å². The number of nitrogens with zero attached hydrogens (tertiary/aromatic N) is 4. The maximum absolute atomic E-state index is 12.4. The third-order valence-electron chi connectivity index (χ3n) is 4.82. The van der Waals surface area contributed by atoms with Crippen molar-refractivity contribution in [3.63, 3.8) is 0 Å². The zero-order valence-corrected chi connectivity index (χ0v) is 16.4. The van der Waals surface area contributed by atoms with Crippen LogP contribution in [0.2, 0.25) is 0 Å². The van der Waals surface area contributed by atoms with Crippen molar-refractivity contribution in [2.75, 3.05) is 37.4 Å². The summed E-state index contributed by atoms with van der Waals surface area (Å²) in [6, 6.07) is 4.25. The van der Waals surface area contributed by atoms with Crippen LogP contribution in [0.1, 0.15) is 12.8 Å². The van der Waals surface area contributed by atoms with Crippen molar-refractivity contribution in [3.05, 3.63) is 46.9 Å². The monoisotopic (exact) mass is 414 g/mol. The second-order valence-electron chi connectivity index (χ2n) is 6.82. The van der Waals surface area contributed by atoms with Crippen molar-refractivity contribution in [3.8, 4) is 5.75 Å². The average molecular weight is 414 g/mol. The Balaban J connectivity index is 1.50. The van der Waals surface area contributed by atoms with Gasteiger partial charge in [-0.25, -0.2) is 4.98 Å². The predicted molar refractivity (Wildman–Crippen MR) is 108 cm³/mol. The molecule has 2 amide bonds. The molecular formula is C19H22N6O5. The molecule has 1 fully saturated rings. The number of nitro benzene ring substituents is 1. The molecule has 2 aromatic rings. The molecule has 2 N–H and O–H groups in total. The van der Waals surface area contributed by atoms with E-state index < -0.39 is 4.92 Å². The third kappa shape index (κ3) is 5.47. The van der Waals surface area contributed by atoms with E-state index >= 15 is 0 Å². The molecule has 0 unspecified atom stereocenters. The van der Waals surface area contributed by atoms with Crippen LogP contribution >= 0.6 is 0 Å². The number of methoxy groups -OCH3 is 1. The first-order chi connectivity index (χ1) is 14.5. The second kappa shape index (κ2) is 9.74. The topological polar surface area (TPSA) is 140 Å². The first kappa shape index (κ1) is 21.1. The molecule has 11 heteroatoms. The molecule has 0 aliphatic carbocycles. The molecule has 1 aromatic carbocycles. The number of nitro groups is 1. The average Bonchev–Trinajstić information content (AvgIpc) is 2.75. The molecule has 0 radical (unpaired) electrons. The molecule has 1 aliphatic heterocycles. The van der Waals surface area contributed by atoms with Crippen molar-refractivity contribution in [1.29, 1.82) is 0 Å². The Hall–Kier alpha value is -3.60. The zero-order chi connectivity index (χ0) is 21.5. The quantitative estimate of drug-likeness (QED) is 0.515. The number of benzene rings is 1. The summed E-state index contributed by atoms with van der Waals surface area (Å²) in [6.07, 6.45) is 5.71. The molecule has 1 aromatic heterocycles. The van der Waals surface area contributed by atoms with Crippen LogP contribution in [-0.2, 0) is 9.59 Å². The Morgan fingerprint density at radius 3 is 2.67 bits per heavy atom. The lowest BCUT2D eigenvalue weighted by molar-refractivity contribution is -0.384. The van der Waals surface area contributed by atoms with Gasteiger partial charge in [0.15, 0.2) is 5.82 Å². The lowest BCUT2D eigenvalue weighted by atomic mass is 9.96. The molecular weight excluding hydrogens is 392 g/mol. The Morgan fingerprint density at radius 1 is 1.27 bits per heavy atom. The van der Waals surface area contributed by atoms with Crippen LogP contribution in [0.5, 0.6) is 5.75 Å². The number of amides is 2. The summed E-state index contributed by atoms with van der Waals surface area (Å²) in [5.41, 5.74) is -0.119. The van der Waals surface area contributed by atoms with Gasteiger partial charge in [-0.2, -0.15) is 0 Å². The normalized spacial score (nSPS) is 14.7.